The fourth-order valence-corrected chi connectivity index (χ4v) is 2.18. The Balaban J connectivity index is 2.27. The van der Waals surface area contributed by atoms with Crippen LogP contribution in [0.3, 0.4) is 0 Å². The van der Waals surface area contributed by atoms with E-state index < -0.39 is 0 Å². The number of nitrogens with one attached hydrogen (secondary N) is 1. The van der Waals surface area contributed by atoms with Crippen LogP contribution in [-0.2, 0) is 4.79 Å². The molecule has 1 aliphatic heterocycles. The smallest absolute Gasteiger partial charge is 0.256 e. The van der Waals surface area contributed by atoms with E-state index in [-0.39, 0.29) is 18.4 Å². The third kappa shape index (κ3) is 2.42. The number of rotatable bonds is 1. The maximum Gasteiger partial charge on any atom is 0.256 e. The molecule has 5 heteroatoms. The summed E-state index contributed by atoms with van der Waals surface area (Å²) in [6.45, 7) is 2.95. The molecule has 0 aliphatic carbocycles. The van der Waals surface area contributed by atoms with Gasteiger partial charge in [0.2, 0.25) is 5.91 Å². The zero-order valence-corrected chi connectivity index (χ0v) is 10.3. The van der Waals surface area contributed by atoms with Crippen LogP contribution in [0.15, 0.2) is 18.2 Å². The van der Waals surface area contributed by atoms with Crippen LogP contribution in [0, 0.1) is 6.92 Å². The Morgan fingerprint density at radius 3 is 2.88 bits per heavy atom. The fraction of sp³-hybridized carbons (Fsp3) is 0.333. The van der Waals surface area contributed by atoms with Gasteiger partial charge in [-0.15, -0.1) is 0 Å². The molecule has 0 radical (unpaired) electrons. The second-order valence-electron chi connectivity index (χ2n) is 4.01. The van der Waals surface area contributed by atoms with E-state index >= 15 is 0 Å². The SMILES string of the molecule is Cc1cccc(Cl)c1C(=O)N1CCNC(=O)C1. The molecule has 1 aromatic rings. The Labute approximate surface area is 105 Å². The minimum absolute atomic E-state index is 0.101. The molecule has 1 fully saturated rings. The monoisotopic (exact) mass is 252 g/mol. The van der Waals surface area contributed by atoms with Crippen LogP contribution >= 0.6 is 11.6 Å². The largest absolute Gasteiger partial charge is 0.353 e. The van der Waals surface area contributed by atoms with E-state index in [0.717, 1.165) is 5.56 Å². The minimum atomic E-state index is -0.178. The van der Waals surface area contributed by atoms with Gasteiger partial charge >= 0.3 is 0 Å². The van der Waals surface area contributed by atoms with E-state index in [1.54, 1.807) is 12.1 Å². The van der Waals surface area contributed by atoms with Gasteiger partial charge in [0.1, 0.15) is 0 Å². The molecule has 1 N–H and O–H groups in total. The third-order valence-corrected chi connectivity index (χ3v) is 3.08. The number of amides is 2. The van der Waals surface area contributed by atoms with E-state index in [4.69, 9.17) is 11.6 Å². The first-order chi connectivity index (χ1) is 8.09. The summed E-state index contributed by atoms with van der Waals surface area (Å²) in [5.74, 6) is -0.308. The number of nitrogens with zero attached hydrogens (tertiary/aromatic N) is 1. The average Bonchev–Trinajstić information content (AvgIpc) is 2.28. The highest BCUT2D eigenvalue weighted by atomic mass is 35.5. The van der Waals surface area contributed by atoms with Crippen molar-refractivity contribution in [2.24, 2.45) is 0 Å². The van der Waals surface area contributed by atoms with Gasteiger partial charge in [0.25, 0.3) is 5.91 Å². The van der Waals surface area contributed by atoms with E-state index in [2.05, 4.69) is 5.32 Å². The summed E-state index contributed by atoms with van der Waals surface area (Å²) < 4.78 is 0. The predicted molar refractivity (Wildman–Crippen MR) is 65.1 cm³/mol. The molecule has 1 aromatic carbocycles. The standard InChI is InChI=1S/C12H13ClN2O2/c1-8-3-2-4-9(13)11(8)12(17)15-6-5-14-10(16)7-15/h2-4H,5-7H2,1H3,(H,14,16). The molecule has 1 aliphatic rings. The van der Waals surface area contributed by atoms with E-state index in [1.807, 2.05) is 13.0 Å². The molecule has 1 saturated heterocycles. The Morgan fingerprint density at radius 2 is 2.24 bits per heavy atom. The van der Waals surface area contributed by atoms with Gasteiger partial charge in [-0.1, -0.05) is 23.7 Å². The van der Waals surface area contributed by atoms with Gasteiger partial charge < -0.3 is 10.2 Å². The van der Waals surface area contributed by atoms with Gasteiger partial charge in [-0.2, -0.15) is 0 Å². The first kappa shape index (κ1) is 11.9. The number of carbonyl (C=O) groups excluding carboxylic acids is 2. The summed E-state index contributed by atoms with van der Waals surface area (Å²) in [7, 11) is 0. The van der Waals surface area contributed by atoms with Crippen LogP contribution in [0.1, 0.15) is 15.9 Å². The van der Waals surface area contributed by atoms with E-state index in [9.17, 15) is 9.59 Å². The Kier molecular flexibility index (Phi) is 3.33. The first-order valence-electron chi connectivity index (χ1n) is 5.40. The molecule has 2 amide bonds. The van der Waals surface area contributed by atoms with Crippen molar-refractivity contribution in [3.63, 3.8) is 0 Å². The highest BCUT2D eigenvalue weighted by Crippen LogP contribution is 2.21. The van der Waals surface area contributed by atoms with Gasteiger partial charge in [0.15, 0.2) is 0 Å². The predicted octanol–water partition coefficient (Wildman–Crippen LogP) is 1.22. The van der Waals surface area contributed by atoms with Gasteiger partial charge in [-0.05, 0) is 18.6 Å². The lowest BCUT2D eigenvalue weighted by molar-refractivity contribution is -0.123. The molecule has 4 nitrogen and oxygen atoms in total. The lowest BCUT2D eigenvalue weighted by Crippen LogP contribution is -2.50. The first-order valence-corrected chi connectivity index (χ1v) is 5.78. The summed E-state index contributed by atoms with van der Waals surface area (Å²) in [6.07, 6.45) is 0. The minimum Gasteiger partial charge on any atom is -0.353 e. The highest BCUT2D eigenvalue weighted by molar-refractivity contribution is 6.34. The molecule has 17 heavy (non-hydrogen) atoms. The second kappa shape index (κ2) is 4.75. The summed E-state index contributed by atoms with van der Waals surface area (Å²) in [4.78, 5) is 25.0. The fourth-order valence-electron chi connectivity index (χ4n) is 1.87. The van der Waals surface area contributed by atoms with Crippen molar-refractivity contribution < 1.29 is 9.59 Å². The number of hydrogen-bond donors (Lipinski definition) is 1. The number of piperazine rings is 1. The Hall–Kier alpha value is -1.55. The number of benzene rings is 1. The molecule has 0 spiro atoms. The van der Waals surface area contributed by atoms with E-state index in [0.29, 0.717) is 23.7 Å². The lowest BCUT2D eigenvalue weighted by atomic mass is 10.1. The maximum absolute atomic E-state index is 12.2. The van der Waals surface area contributed by atoms with Crippen LogP contribution in [0.4, 0.5) is 0 Å². The number of carbonyl (C=O) groups is 2. The Morgan fingerprint density at radius 1 is 1.47 bits per heavy atom. The van der Waals surface area contributed by atoms with Crippen molar-refractivity contribution in [2.75, 3.05) is 19.6 Å². The normalized spacial score (nSPS) is 15.6. The van der Waals surface area contributed by atoms with Crippen LogP contribution in [-0.4, -0.2) is 36.3 Å². The van der Waals surface area contributed by atoms with Gasteiger partial charge in [0, 0.05) is 13.1 Å². The van der Waals surface area contributed by atoms with Crippen LogP contribution in [0.25, 0.3) is 0 Å². The summed E-state index contributed by atoms with van der Waals surface area (Å²) >= 11 is 6.03. The highest BCUT2D eigenvalue weighted by Gasteiger charge is 2.24. The van der Waals surface area contributed by atoms with Crippen molar-refractivity contribution in [2.45, 2.75) is 6.92 Å². The van der Waals surface area contributed by atoms with Gasteiger partial charge in [-0.25, -0.2) is 0 Å². The molecular weight excluding hydrogens is 240 g/mol. The number of halogens is 1. The van der Waals surface area contributed by atoms with Crippen molar-refractivity contribution in [1.82, 2.24) is 10.2 Å². The molecule has 0 atom stereocenters. The molecule has 0 bridgehead atoms. The van der Waals surface area contributed by atoms with Gasteiger partial charge in [-0.3, -0.25) is 9.59 Å². The molecule has 0 saturated carbocycles. The molecule has 0 aromatic heterocycles. The van der Waals surface area contributed by atoms with Crippen LogP contribution < -0.4 is 5.32 Å². The van der Waals surface area contributed by atoms with Crippen molar-refractivity contribution in [3.05, 3.63) is 34.3 Å². The molecular formula is C12H13ClN2O2. The van der Waals surface area contributed by atoms with Crippen molar-refractivity contribution in [1.29, 1.82) is 0 Å². The lowest BCUT2D eigenvalue weighted by Gasteiger charge is -2.27. The molecule has 1 heterocycles. The Bertz CT molecular complexity index is 453. The molecule has 90 valence electrons. The number of hydrogen-bond acceptors (Lipinski definition) is 2. The summed E-state index contributed by atoms with van der Waals surface area (Å²) in [5, 5.41) is 3.11. The van der Waals surface area contributed by atoms with Gasteiger partial charge in [0.05, 0.1) is 17.1 Å². The zero-order chi connectivity index (χ0) is 12.4. The topological polar surface area (TPSA) is 49.4 Å². The third-order valence-electron chi connectivity index (χ3n) is 2.76. The molecule has 2 rings (SSSR count). The van der Waals surface area contributed by atoms with Crippen molar-refractivity contribution in [3.8, 4) is 0 Å². The zero-order valence-electron chi connectivity index (χ0n) is 9.50. The summed E-state index contributed by atoms with van der Waals surface area (Å²) in [5.41, 5.74) is 1.32. The number of aryl methyl sites for hydroxylation is 1. The quantitative estimate of drug-likeness (QED) is 0.817. The van der Waals surface area contributed by atoms with Crippen LogP contribution in [0.5, 0.6) is 0 Å². The average molecular weight is 253 g/mol. The van der Waals surface area contributed by atoms with Crippen molar-refractivity contribution >= 4 is 23.4 Å². The van der Waals surface area contributed by atoms with E-state index in [1.165, 1.54) is 4.90 Å². The maximum atomic E-state index is 12.2. The summed E-state index contributed by atoms with van der Waals surface area (Å²) in [6, 6.07) is 5.33. The second-order valence-corrected chi connectivity index (χ2v) is 4.42. The molecule has 0 unspecified atom stereocenters. The van der Waals surface area contributed by atoms with Crippen LogP contribution in [0.2, 0.25) is 5.02 Å².